The second-order valence-corrected chi connectivity index (χ2v) is 0. The van der Waals surface area contributed by atoms with Crippen LogP contribution < -0.4 is 88.7 Å². The Bertz CT molecular complexity index is 16.9. The summed E-state index contributed by atoms with van der Waals surface area (Å²) in [5.41, 5.74) is 0. The fraction of sp³-hybridized carbons (Fsp3) is 0. The summed E-state index contributed by atoms with van der Waals surface area (Å²) in [7, 11) is 0. The molecule has 46 valence electrons. The number of hydrogen-bond donors (Lipinski definition) is 0. The molecular weight excluding hydrogens is 246 g/mol. The van der Waals surface area contributed by atoms with Crippen molar-refractivity contribution < 1.29 is 93.0 Å². The number of halogens is 5. The molecule has 0 saturated heterocycles. The minimum absolute atomic E-state index is 0. The Morgan fingerprint density at radius 1 is 0.375 bits per heavy atom. The second kappa shape index (κ2) is 63.1. The summed E-state index contributed by atoms with van der Waals surface area (Å²) in [5.74, 6) is 0. The molecule has 0 amide bonds. The van der Waals surface area contributed by atoms with Gasteiger partial charge in [-0.1, -0.05) is 0 Å². The second-order valence-electron chi connectivity index (χ2n) is 0. The van der Waals surface area contributed by atoms with Crippen LogP contribution in [0.3, 0.4) is 0 Å². The average Bonchev–Trinajstić information content (AvgIpc) is 0. The van der Waals surface area contributed by atoms with Crippen LogP contribution in [0.4, 0.5) is 0 Å². The van der Waals surface area contributed by atoms with E-state index in [1.165, 1.54) is 0 Å². The molecule has 0 aromatic rings. The topological polar surface area (TPSA) is 0 Å². The van der Waals surface area contributed by atoms with Crippen LogP contribution in [-0.4, -0.2) is 0 Å². The normalized spacial score (nSPS) is 0. The summed E-state index contributed by atoms with van der Waals surface area (Å²) in [5, 5.41) is 0. The summed E-state index contributed by atoms with van der Waals surface area (Å²) >= 11 is 0. The Morgan fingerprint density at radius 2 is 0.375 bits per heavy atom. The summed E-state index contributed by atoms with van der Waals surface area (Å²) in [6.45, 7) is 0. The smallest absolute Gasteiger partial charge is 1.00 e. The summed E-state index contributed by atoms with van der Waals surface area (Å²) in [6, 6.07) is 0. The van der Waals surface area contributed by atoms with E-state index >= 15 is 0 Å². The molecule has 0 aromatic heterocycles. The van der Waals surface area contributed by atoms with Crippen molar-refractivity contribution in [2.75, 3.05) is 0 Å². The molecule has 0 spiro atoms. The molecule has 8 heteroatoms. The molecule has 0 nitrogen and oxygen atoms in total. The fourth-order valence-corrected chi connectivity index (χ4v) is 0. The van der Waals surface area contributed by atoms with E-state index in [4.69, 9.17) is 0 Å². The van der Waals surface area contributed by atoms with Gasteiger partial charge in [0.15, 0.2) is 0 Å². The first-order valence-electron chi connectivity index (χ1n) is 0. The molecule has 0 aromatic carbocycles. The van der Waals surface area contributed by atoms with Crippen LogP contribution in [0.5, 0.6) is 0 Å². The zero-order chi connectivity index (χ0) is 0. The van der Waals surface area contributed by atoms with Crippen LogP contribution in [-0.2, 0) is 0 Å². The minimum atomic E-state index is 0. The van der Waals surface area contributed by atoms with Crippen LogP contribution in [0.25, 0.3) is 0 Å². The third-order valence-corrected chi connectivity index (χ3v) is 0. The van der Waals surface area contributed by atoms with Gasteiger partial charge in [0, 0.05) is 0 Å². The van der Waals surface area contributed by atoms with Crippen molar-refractivity contribution in [1.82, 2.24) is 0 Å². The van der Waals surface area contributed by atoms with Gasteiger partial charge in [-0.3, -0.25) is 0 Å². The van der Waals surface area contributed by atoms with Crippen molar-refractivity contribution in [3.63, 3.8) is 0 Å². The third kappa shape index (κ3) is 47.1. The summed E-state index contributed by atoms with van der Waals surface area (Å²) < 4.78 is 0. The Hall–Kier alpha value is 4.45. The van der Waals surface area contributed by atoms with E-state index in [2.05, 4.69) is 0 Å². The van der Waals surface area contributed by atoms with Crippen molar-refractivity contribution in [2.45, 2.75) is 0 Å². The molecule has 0 heterocycles. The van der Waals surface area contributed by atoms with Crippen molar-refractivity contribution >= 4 is 62.0 Å². The molecule has 0 unspecified atom stereocenters. The van der Waals surface area contributed by atoms with E-state index in [1.807, 2.05) is 0 Å². The van der Waals surface area contributed by atoms with Crippen molar-refractivity contribution in [2.24, 2.45) is 0 Å². The van der Waals surface area contributed by atoms with Gasteiger partial charge in [-0.2, -0.15) is 0 Å². The molecule has 0 bridgehead atoms. The van der Waals surface area contributed by atoms with Gasteiger partial charge in [-0.05, 0) is 0 Å². The first-order valence-corrected chi connectivity index (χ1v) is 0. The van der Waals surface area contributed by atoms with E-state index in [1.54, 1.807) is 0 Å². The first kappa shape index (κ1) is 82.4. The van der Waals surface area contributed by atoms with Crippen LogP contribution >= 0.6 is 62.0 Å². The first-order chi connectivity index (χ1) is 0. The molecule has 0 fully saturated rings. The Morgan fingerprint density at radius 3 is 0.375 bits per heavy atom. The Balaban J connectivity index is 0. The zero-order valence-electron chi connectivity index (χ0n) is 8.04. The monoisotopic (exact) mass is 252 g/mol. The molecule has 0 aliphatic rings. The molecule has 0 rings (SSSR count). The summed E-state index contributed by atoms with van der Waals surface area (Å²) in [6.07, 6.45) is 0. The van der Waals surface area contributed by atoms with Crippen LogP contribution in [0.2, 0.25) is 0 Å². The van der Waals surface area contributed by atoms with Crippen molar-refractivity contribution in [3.05, 3.63) is 0 Å². The van der Waals surface area contributed by atoms with E-state index < -0.39 is 0 Å². The average molecular weight is 254 g/mol. The standard InChI is InChI=1S/5ClH.3Na.3H/h5*1H;;;;;;/q;;;;;3*+1;3*-1. The van der Waals surface area contributed by atoms with Crippen LogP contribution in [0.15, 0.2) is 0 Å². The molecule has 0 N–H and O–H groups in total. The van der Waals surface area contributed by atoms with Crippen molar-refractivity contribution in [3.8, 4) is 0 Å². The van der Waals surface area contributed by atoms with E-state index in [0.29, 0.717) is 0 Å². The van der Waals surface area contributed by atoms with Crippen LogP contribution in [0, 0.1) is 0 Å². The van der Waals surface area contributed by atoms with Gasteiger partial charge in [0.25, 0.3) is 0 Å². The van der Waals surface area contributed by atoms with Crippen LogP contribution in [0.1, 0.15) is 4.28 Å². The Labute approximate surface area is 152 Å². The zero-order valence-corrected chi connectivity index (χ0v) is 15.1. The molecule has 0 atom stereocenters. The van der Waals surface area contributed by atoms with E-state index in [0.717, 1.165) is 0 Å². The van der Waals surface area contributed by atoms with E-state index in [-0.39, 0.29) is 155 Å². The van der Waals surface area contributed by atoms with Gasteiger partial charge in [-0.25, -0.2) is 0 Å². The minimum Gasteiger partial charge on any atom is -1.00 e. The van der Waals surface area contributed by atoms with Gasteiger partial charge in [0.2, 0.25) is 0 Å². The maximum absolute atomic E-state index is 0. The fourth-order valence-electron chi connectivity index (χ4n) is 0. The quantitative estimate of drug-likeness (QED) is 0.377. The molecule has 0 radical (unpaired) electrons. The summed E-state index contributed by atoms with van der Waals surface area (Å²) in [4.78, 5) is 0. The van der Waals surface area contributed by atoms with Gasteiger partial charge >= 0.3 is 88.7 Å². The van der Waals surface area contributed by atoms with Gasteiger partial charge < -0.3 is 4.28 Å². The maximum atomic E-state index is 0. The number of rotatable bonds is 0. The molecular formula is H8Cl5Na3. The van der Waals surface area contributed by atoms with Gasteiger partial charge in [0.1, 0.15) is 0 Å². The molecule has 8 heavy (non-hydrogen) atoms. The van der Waals surface area contributed by atoms with E-state index in [9.17, 15) is 0 Å². The third-order valence-electron chi connectivity index (χ3n) is 0. The predicted molar refractivity (Wildman–Crippen MR) is 39.6 cm³/mol. The largest absolute Gasteiger partial charge is 1.00 e. The van der Waals surface area contributed by atoms with Gasteiger partial charge in [-0.15, -0.1) is 62.0 Å². The maximum Gasteiger partial charge on any atom is 1.00 e. The van der Waals surface area contributed by atoms with Gasteiger partial charge in [0.05, 0.1) is 0 Å². The molecule has 0 saturated carbocycles. The molecule has 0 aliphatic carbocycles. The number of hydrogen-bond acceptors (Lipinski definition) is 0. The SMILES string of the molecule is Cl.Cl.Cl.Cl.Cl.[H-].[H-].[H-].[Na+].[Na+].[Na+]. The van der Waals surface area contributed by atoms with Crippen molar-refractivity contribution in [1.29, 1.82) is 0 Å². The Kier molecular flexibility index (Phi) is 651. The molecule has 0 aliphatic heterocycles. The predicted octanol–water partition coefficient (Wildman–Crippen LogP) is -6.54.